The van der Waals surface area contributed by atoms with Crippen LogP contribution in [0.25, 0.3) is 0 Å². The van der Waals surface area contributed by atoms with Crippen LogP contribution in [0.5, 0.6) is 0 Å². The first-order valence-electron chi connectivity index (χ1n) is 8.77. The summed E-state index contributed by atoms with van der Waals surface area (Å²) in [5, 5.41) is 3.56. The van der Waals surface area contributed by atoms with Crippen LogP contribution in [0.4, 0.5) is 5.13 Å². The van der Waals surface area contributed by atoms with Crippen LogP contribution in [0.2, 0.25) is 10.0 Å². The van der Waals surface area contributed by atoms with Crippen LogP contribution in [0, 0.1) is 0 Å². The number of hydrogen-bond donors (Lipinski definition) is 2. The van der Waals surface area contributed by atoms with Crippen molar-refractivity contribution in [1.82, 2.24) is 9.71 Å². The second-order valence-corrected chi connectivity index (χ2v) is 11.0. The number of thiazole rings is 1. The van der Waals surface area contributed by atoms with Crippen molar-refractivity contribution in [3.05, 3.63) is 62.8 Å². The lowest BCUT2D eigenvalue weighted by Gasteiger charge is -2.18. The fraction of sp³-hybridized carbons (Fsp3) is 0.263. The van der Waals surface area contributed by atoms with E-state index in [0.29, 0.717) is 21.6 Å². The van der Waals surface area contributed by atoms with Gasteiger partial charge in [0.25, 0.3) is 15.9 Å². The van der Waals surface area contributed by atoms with Crippen molar-refractivity contribution < 1.29 is 17.6 Å². The molecule has 0 fully saturated rings. The van der Waals surface area contributed by atoms with Crippen molar-refractivity contribution in [2.45, 2.75) is 37.8 Å². The molecular weight excluding hydrogens is 469 g/mol. The van der Waals surface area contributed by atoms with Gasteiger partial charge in [-0.3, -0.25) is 10.1 Å². The SMILES string of the molecule is CC(C)(C)NS(=O)(=O)c1ccc(C(=O)Nc2ncc(Cc3cccc(Cl)c3Cl)s2)o1. The van der Waals surface area contributed by atoms with Gasteiger partial charge in [0.2, 0.25) is 5.09 Å². The number of nitrogens with one attached hydrogen (secondary N) is 2. The molecule has 3 rings (SSSR count). The molecule has 0 saturated heterocycles. The van der Waals surface area contributed by atoms with Gasteiger partial charge in [0.05, 0.1) is 10.0 Å². The van der Waals surface area contributed by atoms with Gasteiger partial charge in [-0.1, -0.05) is 35.3 Å². The number of halogens is 2. The van der Waals surface area contributed by atoms with E-state index < -0.39 is 21.5 Å². The van der Waals surface area contributed by atoms with E-state index >= 15 is 0 Å². The second-order valence-electron chi connectivity index (χ2n) is 7.45. The van der Waals surface area contributed by atoms with E-state index in [2.05, 4.69) is 15.0 Å². The molecule has 30 heavy (non-hydrogen) atoms. The smallest absolute Gasteiger partial charge is 0.293 e. The Morgan fingerprint density at radius 2 is 1.93 bits per heavy atom. The monoisotopic (exact) mass is 487 g/mol. The minimum Gasteiger partial charge on any atom is -0.438 e. The molecule has 160 valence electrons. The lowest BCUT2D eigenvalue weighted by Crippen LogP contribution is -2.40. The maximum absolute atomic E-state index is 12.4. The first-order chi connectivity index (χ1) is 13.9. The molecule has 0 bridgehead atoms. The summed E-state index contributed by atoms with van der Waals surface area (Å²) >= 11 is 13.5. The summed E-state index contributed by atoms with van der Waals surface area (Å²) in [6, 6.07) is 7.91. The number of aromatic nitrogens is 1. The molecule has 1 aromatic carbocycles. The molecule has 0 saturated carbocycles. The number of anilines is 1. The normalized spacial score (nSPS) is 12.2. The van der Waals surface area contributed by atoms with Crippen molar-refractivity contribution in [2.24, 2.45) is 0 Å². The van der Waals surface area contributed by atoms with Crippen LogP contribution in [-0.2, 0) is 16.4 Å². The molecule has 0 aliphatic heterocycles. The van der Waals surface area contributed by atoms with Gasteiger partial charge >= 0.3 is 0 Å². The molecule has 2 aromatic heterocycles. The average molecular weight is 488 g/mol. The van der Waals surface area contributed by atoms with Crippen molar-refractivity contribution in [2.75, 3.05) is 5.32 Å². The van der Waals surface area contributed by atoms with E-state index in [4.69, 9.17) is 27.6 Å². The summed E-state index contributed by atoms with van der Waals surface area (Å²) in [6.45, 7) is 5.12. The van der Waals surface area contributed by atoms with E-state index in [1.54, 1.807) is 33.0 Å². The molecule has 3 aromatic rings. The molecule has 0 radical (unpaired) electrons. The predicted molar refractivity (Wildman–Crippen MR) is 118 cm³/mol. The van der Waals surface area contributed by atoms with Gasteiger partial charge < -0.3 is 4.42 Å². The molecule has 0 atom stereocenters. The van der Waals surface area contributed by atoms with Crippen molar-refractivity contribution in [3.8, 4) is 0 Å². The number of hydrogen-bond acceptors (Lipinski definition) is 6. The third-order valence-electron chi connectivity index (χ3n) is 3.68. The lowest BCUT2D eigenvalue weighted by atomic mass is 10.1. The quantitative estimate of drug-likeness (QED) is 0.511. The number of furan rings is 1. The molecule has 0 aliphatic rings. The Labute approximate surface area is 188 Å². The third-order valence-corrected chi connectivity index (χ3v) is 7.08. The highest BCUT2D eigenvalue weighted by atomic mass is 35.5. The number of amides is 1. The van der Waals surface area contributed by atoms with E-state index in [9.17, 15) is 13.2 Å². The molecular formula is C19H19Cl2N3O4S2. The van der Waals surface area contributed by atoms with Gasteiger partial charge in [0.1, 0.15) is 0 Å². The Bertz CT molecular complexity index is 1180. The zero-order valence-electron chi connectivity index (χ0n) is 16.3. The highest BCUT2D eigenvalue weighted by molar-refractivity contribution is 7.89. The van der Waals surface area contributed by atoms with Gasteiger partial charge in [0, 0.05) is 23.0 Å². The summed E-state index contributed by atoms with van der Waals surface area (Å²) in [4.78, 5) is 17.5. The van der Waals surface area contributed by atoms with Gasteiger partial charge in [0.15, 0.2) is 10.9 Å². The minimum absolute atomic E-state index is 0.140. The van der Waals surface area contributed by atoms with Gasteiger partial charge in [-0.05, 0) is 44.5 Å². The first-order valence-corrected chi connectivity index (χ1v) is 11.8. The molecule has 7 nitrogen and oxygen atoms in total. The zero-order valence-corrected chi connectivity index (χ0v) is 19.5. The molecule has 0 aliphatic carbocycles. The summed E-state index contributed by atoms with van der Waals surface area (Å²) in [5.74, 6) is -0.743. The van der Waals surface area contributed by atoms with E-state index in [-0.39, 0.29) is 10.9 Å². The topological polar surface area (TPSA) is 101 Å². The minimum atomic E-state index is -3.87. The van der Waals surface area contributed by atoms with Crippen LogP contribution >= 0.6 is 34.5 Å². The maximum atomic E-state index is 12.4. The molecule has 0 spiro atoms. The Morgan fingerprint density at radius 1 is 1.20 bits per heavy atom. The Hall–Kier alpha value is -1.91. The number of benzene rings is 1. The maximum Gasteiger partial charge on any atom is 0.293 e. The third kappa shape index (κ3) is 5.61. The molecule has 0 unspecified atom stereocenters. The Morgan fingerprint density at radius 3 is 2.63 bits per heavy atom. The first kappa shape index (κ1) is 22.8. The fourth-order valence-corrected chi connectivity index (χ4v) is 5.09. The van der Waals surface area contributed by atoms with Crippen molar-refractivity contribution in [3.63, 3.8) is 0 Å². The molecule has 11 heteroatoms. The number of rotatable bonds is 6. The second kappa shape index (κ2) is 8.68. The highest BCUT2D eigenvalue weighted by Gasteiger charge is 2.26. The van der Waals surface area contributed by atoms with Crippen molar-refractivity contribution >= 4 is 55.6 Å². The molecule has 1 amide bonds. The Kier molecular flexibility index (Phi) is 6.59. The predicted octanol–water partition coefficient (Wildman–Crippen LogP) is 4.96. The number of sulfonamides is 1. The van der Waals surface area contributed by atoms with Crippen LogP contribution in [0.3, 0.4) is 0 Å². The van der Waals surface area contributed by atoms with Crippen LogP contribution in [-0.4, -0.2) is 24.8 Å². The highest BCUT2D eigenvalue weighted by Crippen LogP contribution is 2.29. The van der Waals surface area contributed by atoms with Crippen LogP contribution < -0.4 is 10.0 Å². The van der Waals surface area contributed by atoms with E-state index in [1.807, 2.05) is 12.1 Å². The summed E-state index contributed by atoms with van der Waals surface area (Å²) in [7, 11) is -3.87. The fourth-order valence-electron chi connectivity index (χ4n) is 2.52. The number of carbonyl (C=O) groups is 1. The van der Waals surface area contributed by atoms with Crippen LogP contribution in [0.1, 0.15) is 41.8 Å². The molecule has 2 heterocycles. The standard InChI is InChI=1S/C19H19Cl2N3O4S2/c1-19(2,3)24-30(26,27)15-8-7-14(28-15)17(25)23-18-22-10-12(29-18)9-11-5-4-6-13(20)16(11)21/h4-8,10,24H,9H2,1-3H3,(H,22,23,25). The van der Waals surface area contributed by atoms with Gasteiger partial charge in [-0.2, -0.15) is 0 Å². The van der Waals surface area contributed by atoms with Crippen LogP contribution in [0.15, 0.2) is 46.0 Å². The summed E-state index contributed by atoms with van der Waals surface area (Å²) in [5.41, 5.74) is 0.162. The summed E-state index contributed by atoms with van der Waals surface area (Å²) < 4.78 is 32.3. The molecule has 2 N–H and O–H groups in total. The number of carbonyl (C=O) groups excluding carboxylic acids is 1. The average Bonchev–Trinajstić information content (AvgIpc) is 3.27. The number of nitrogens with zero attached hydrogens (tertiary/aromatic N) is 1. The largest absolute Gasteiger partial charge is 0.438 e. The van der Waals surface area contributed by atoms with Crippen molar-refractivity contribution in [1.29, 1.82) is 0 Å². The van der Waals surface area contributed by atoms with Gasteiger partial charge in [-0.15, -0.1) is 11.3 Å². The summed E-state index contributed by atoms with van der Waals surface area (Å²) in [6.07, 6.45) is 2.14. The zero-order chi connectivity index (χ0) is 22.1. The van der Waals surface area contributed by atoms with E-state index in [1.165, 1.54) is 23.5 Å². The van der Waals surface area contributed by atoms with Gasteiger partial charge in [-0.25, -0.2) is 18.1 Å². The van der Waals surface area contributed by atoms with E-state index in [0.717, 1.165) is 10.4 Å². The lowest BCUT2D eigenvalue weighted by molar-refractivity contribution is 0.0991. The Balaban J connectivity index is 1.69.